The van der Waals surface area contributed by atoms with Gasteiger partial charge in [-0.15, -0.1) is 0 Å². The SMILES string of the molecule is CNc1cc(NCC2(OC)CCOC2)ncn1. The van der Waals surface area contributed by atoms with E-state index in [1.165, 1.54) is 6.33 Å². The standard InChI is InChI=1S/C11H18N4O2/c1-12-9-5-10(15-8-14-9)13-6-11(16-2)3-4-17-7-11/h5,8H,3-4,6-7H2,1-2H3,(H2,12,13,14,15). The van der Waals surface area contributed by atoms with E-state index in [-0.39, 0.29) is 5.60 Å². The largest absolute Gasteiger partial charge is 0.378 e. The van der Waals surface area contributed by atoms with Crippen molar-refractivity contribution in [1.82, 2.24) is 9.97 Å². The van der Waals surface area contributed by atoms with E-state index >= 15 is 0 Å². The van der Waals surface area contributed by atoms with E-state index in [0.29, 0.717) is 13.2 Å². The zero-order chi connectivity index (χ0) is 12.1. The molecule has 6 heteroatoms. The molecule has 1 aromatic heterocycles. The van der Waals surface area contributed by atoms with Crippen LogP contribution in [0.1, 0.15) is 6.42 Å². The van der Waals surface area contributed by atoms with Crippen LogP contribution in [0.2, 0.25) is 0 Å². The van der Waals surface area contributed by atoms with Crippen LogP contribution in [0.3, 0.4) is 0 Å². The third-order valence-corrected chi connectivity index (χ3v) is 3.02. The second-order valence-corrected chi connectivity index (χ2v) is 4.08. The molecule has 1 aromatic rings. The molecule has 6 nitrogen and oxygen atoms in total. The van der Waals surface area contributed by atoms with Crippen LogP contribution < -0.4 is 10.6 Å². The molecular weight excluding hydrogens is 220 g/mol. The Labute approximate surface area is 101 Å². The lowest BCUT2D eigenvalue weighted by Gasteiger charge is -2.26. The number of aromatic nitrogens is 2. The van der Waals surface area contributed by atoms with Gasteiger partial charge < -0.3 is 20.1 Å². The molecule has 0 bridgehead atoms. The Hall–Kier alpha value is -1.40. The van der Waals surface area contributed by atoms with Crippen LogP contribution in [-0.2, 0) is 9.47 Å². The number of hydrogen-bond donors (Lipinski definition) is 2. The summed E-state index contributed by atoms with van der Waals surface area (Å²) in [5.74, 6) is 1.57. The van der Waals surface area contributed by atoms with E-state index in [4.69, 9.17) is 9.47 Å². The Kier molecular flexibility index (Phi) is 3.75. The maximum Gasteiger partial charge on any atom is 0.131 e. The van der Waals surface area contributed by atoms with Gasteiger partial charge in [-0.05, 0) is 0 Å². The molecule has 2 N–H and O–H groups in total. The molecule has 0 amide bonds. The van der Waals surface area contributed by atoms with Crippen molar-refractivity contribution in [2.45, 2.75) is 12.0 Å². The molecule has 1 unspecified atom stereocenters. The quantitative estimate of drug-likeness (QED) is 0.788. The molecule has 1 aliphatic rings. The molecule has 0 spiro atoms. The van der Waals surface area contributed by atoms with Crippen molar-refractivity contribution in [2.24, 2.45) is 0 Å². The van der Waals surface area contributed by atoms with Gasteiger partial charge in [-0.3, -0.25) is 0 Å². The highest BCUT2D eigenvalue weighted by molar-refractivity contribution is 5.46. The maximum absolute atomic E-state index is 5.53. The third-order valence-electron chi connectivity index (χ3n) is 3.02. The minimum Gasteiger partial charge on any atom is -0.378 e. The van der Waals surface area contributed by atoms with Crippen molar-refractivity contribution in [3.8, 4) is 0 Å². The van der Waals surface area contributed by atoms with Gasteiger partial charge in [-0.2, -0.15) is 0 Å². The predicted molar refractivity (Wildman–Crippen MR) is 65.2 cm³/mol. The van der Waals surface area contributed by atoms with Gasteiger partial charge in [0.25, 0.3) is 0 Å². The molecule has 0 radical (unpaired) electrons. The Bertz CT molecular complexity index is 366. The zero-order valence-corrected chi connectivity index (χ0v) is 10.2. The Morgan fingerprint density at radius 3 is 2.94 bits per heavy atom. The van der Waals surface area contributed by atoms with Gasteiger partial charge in [0, 0.05) is 39.8 Å². The lowest BCUT2D eigenvalue weighted by Crippen LogP contribution is -2.39. The monoisotopic (exact) mass is 238 g/mol. The Morgan fingerprint density at radius 1 is 1.47 bits per heavy atom. The van der Waals surface area contributed by atoms with Crippen molar-refractivity contribution < 1.29 is 9.47 Å². The van der Waals surface area contributed by atoms with Gasteiger partial charge in [0.1, 0.15) is 23.6 Å². The first-order valence-electron chi connectivity index (χ1n) is 5.64. The zero-order valence-electron chi connectivity index (χ0n) is 10.2. The molecule has 2 heterocycles. The van der Waals surface area contributed by atoms with E-state index < -0.39 is 0 Å². The topological polar surface area (TPSA) is 68.3 Å². The van der Waals surface area contributed by atoms with Crippen molar-refractivity contribution in [2.75, 3.05) is 44.5 Å². The van der Waals surface area contributed by atoms with Gasteiger partial charge in [0.05, 0.1) is 6.61 Å². The first-order valence-corrected chi connectivity index (χ1v) is 5.64. The minimum absolute atomic E-state index is 0.231. The van der Waals surface area contributed by atoms with E-state index in [9.17, 15) is 0 Å². The van der Waals surface area contributed by atoms with Crippen molar-refractivity contribution in [3.63, 3.8) is 0 Å². The summed E-state index contributed by atoms with van der Waals surface area (Å²) < 4.78 is 10.9. The molecule has 1 aliphatic heterocycles. The predicted octanol–water partition coefficient (Wildman–Crippen LogP) is 0.736. The minimum atomic E-state index is -0.231. The number of rotatable bonds is 5. The highest BCUT2D eigenvalue weighted by Gasteiger charge is 2.34. The van der Waals surface area contributed by atoms with Gasteiger partial charge in [0.15, 0.2) is 0 Å². The summed E-state index contributed by atoms with van der Waals surface area (Å²) in [5, 5.41) is 6.23. The second-order valence-electron chi connectivity index (χ2n) is 4.08. The lowest BCUT2D eigenvalue weighted by atomic mass is 10.0. The van der Waals surface area contributed by atoms with Crippen LogP contribution in [0.25, 0.3) is 0 Å². The highest BCUT2D eigenvalue weighted by atomic mass is 16.5. The van der Waals surface area contributed by atoms with Crippen molar-refractivity contribution in [1.29, 1.82) is 0 Å². The fourth-order valence-electron chi connectivity index (χ4n) is 1.80. The van der Waals surface area contributed by atoms with Crippen molar-refractivity contribution in [3.05, 3.63) is 12.4 Å². The molecule has 0 aliphatic carbocycles. The number of nitrogens with zero attached hydrogens (tertiary/aromatic N) is 2. The number of anilines is 2. The van der Waals surface area contributed by atoms with Gasteiger partial charge in [0.2, 0.25) is 0 Å². The van der Waals surface area contributed by atoms with Crippen LogP contribution >= 0.6 is 0 Å². The molecule has 1 saturated heterocycles. The van der Waals surface area contributed by atoms with E-state index in [2.05, 4.69) is 20.6 Å². The molecule has 1 fully saturated rings. The van der Waals surface area contributed by atoms with Crippen LogP contribution in [0.5, 0.6) is 0 Å². The van der Waals surface area contributed by atoms with Crippen LogP contribution in [0.4, 0.5) is 11.6 Å². The second kappa shape index (κ2) is 5.29. The average molecular weight is 238 g/mol. The average Bonchev–Trinajstić information content (AvgIpc) is 2.86. The third kappa shape index (κ3) is 2.83. The number of methoxy groups -OCH3 is 1. The first-order chi connectivity index (χ1) is 8.28. The van der Waals surface area contributed by atoms with E-state index in [1.54, 1.807) is 7.11 Å². The Morgan fingerprint density at radius 2 is 2.29 bits per heavy atom. The lowest BCUT2D eigenvalue weighted by molar-refractivity contribution is -0.00625. The van der Waals surface area contributed by atoms with E-state index in [1.807, 2.05) is 13.1 Å². The van der Waals surface area contributed by atoms with Gasteiger partial charge in [-0.1, -0.05) is 0 Å². The number of nitrogens with one attached hydrogen (secondary N) is 2. The number of ether oxygens (including phenoxy) is 2. The van der Waals surface area contributed by atoms with Crippen molar-refractivity contribution >= 4 is 11.6 Å². The summed E-state index contributed by atoms with van der Waals surface area (Å²) in [4.78, 5) is 8.21. The van der Waals surface area contributed by atoms with Crippen LogP contribution in [0, 0.1) is 0 Å². The molecule has 1 atom stereocenters. The maximum atomic E-state index is 5.53. The molecule has 94 valence electrons. The summed E-state index contributed by atoms with van der Waals surface area (Å²) in [5.41, 5.74) is -0.231. The normalized spacial score (nSPS) is 23.6. The molecule has 17 heavy (non-hydrogen) atoms. The smallest absolute Gasteiger partial charge is 0.131 e. The fraction of sp³-hybridized carbons (Fsp3) is 0.636. The summed E-state index contributed by atoms with van der Waals surface area (Å²) in [7, 11) is 3.54. The van der Waals surface area contributed by atoms with Crippen LogP contribution in [-0.4, -0.2) is 49.5 Å². The summed E-state index contributed by atoms with van der Waals surface area (Å²) >= 11 is 0. The first kappa shape index (κ1) is 12.1. The highest BCUT2D eigenvalue weighted by Crippen LogP contribution is 2.23. The van der Waals surface area contributed by atoms with Gasteiger partial charge >= 0.3 is 0 Å². The summed E-state index contributed by atoms with van der Waals surface area (Å²) in [6, 6.07) is 1.86. The number of hydrogen-bond acceptors (Lipinski definition) is 6. The fourth-order valence-corrected chi connectivity index (χ4v) is 1.80. The molecule has 0 saturated carbocycles. The molecule has 2 rings (SSSR count). The molecule has 0 aromatic carbocycles. The Balaban J connectivity index is 1.96. The summed E-state index contributed by atoms with van der Waals surface area (Å²) in [6.07, 6.45) is 2.43. The molecular formula is C11H18N4O2. The van der Waals surface area contributed by atoms with E-state index in [0.717, 1.165) is 24.7 Å². The van der Waals surface area contributed by atoms with Crippen LogP contribution in [0.15, 0.2) is 12.4 Å². The summed E-state index contributed by atoms with van der Waals surface area (Å²) in [6.45, 7) is 2.06. The van der Waals surface area contributed by atoms with Gasteiger partial charge in [-0.25, -0.2) is 9.97 Å².